The maximum absolute atomic E-state index is 8.82. The van der Waals surface area contributed by atoms with Gasteiger partial charge in [0.2, 0.25) is 0 Å². The van der Waals surface area contributed by atoms with Gasteiger partial charge in [0, 0.05) is 11.1 Å². The molecule has 1 N–H and O–H groups in total. The number of methoxy groups -OCH3 is 1. The SMILES string of the molecule is COc1cccc(C=NO)c1OCCOc1ccccc1-c1ccccc1. The van der Waals surface area contributed by atoms with Crippen molar-refractivity contribution < 1.29 is 19.4 Å². The molecule has 0 aliphatic heterocycles. The van der Waals surface area contributed by atoms with Gasteiger partial charge < -0.3 is 19.4 Å². The zero-order valence-electron chi connectivity index (χ0n) is 15.0. The van der Waals surface area contributed by atoms with E-state index in [0.717, 1.165) is 16.9 Å². The number of hydrogen-bond acceptors (Lipinski definition) is 5. The quantitative estimate of drug-likeness (QED) is 0.274. The minimum absolute atomic E-state index is 0.315. The van der Waals surface area contributed by atoms with Crippen LogP contribution < -0.4 is 14.2 Å². The lowest BCUT2D eigenvalue weighted by atomic mass is 10.1. The monoisotopic (exact) mass is 363 g/mol. The average Bonchev–Trinajstić information content (AvgIpc) is 2.73. The average molecular weight is 363 g/mol. The van der Waals surface area contributed by atoms with Gasteiger partial charge in [0.1, 0.15) is 19.0 Å². The normalized spacial score (nSPS) is 10.7. The Morgan fingerprint density at radius 3 is 2.30 bits per heavy atom. The van der Waals surface area contributed by atoms with Crippen molar-refractivity contribution in [1.29, 1.82) is 0 Å². The summed E-state index contributed by atoms with van der Waals surface area (Å²) in [6.07, 6.45) is 1.31. The molecule has 0 amide bonds. The first kappa shape index (κ1) is 18.3. The minimum Gasteiger partial charge on any atom is -0.493 e. The molecule has 0 saturated heterocycles. The van der Waals surface area contributed by atoms with Gasteiger partial charge in [0.25, 0.3) is 0 Å². The van der Waals surface area contributed by atoms with Crippen molar-refractivity contribution in [3.05, 3.63) is 78.4 Å². The second-order valence-electron chi connectivity index (χ2n) is 5.68. The van der Waals surface area contributed by atoms with Gasteiger partial charge in [0.15, 0.2) is 11.5 Å². The smallest absolute Gasteiger partial charge is 0.170 e. The summed E-state index contributed by atoms with van der Waals surface area (Å²) in [5.41, 5.74) is 2.75. The maximum Gasteiger partial charge on any atom is 0.170 e. The third-order valence-electron chi connectivity index (χ3n) is 3.99. The van der Waals surface area contributed by atoms with Crippen LogP contribution in [0.4, 0.5) is 0 Å². The fraction of sp³-hybridized carbons (Fsp3) is 0.136. The van der Waals surface area contributed by atoms with E-state index in [9.17, 15) is 0 Å². The summed E-state index contributed by atoms with van der Waals surface area (Å²) in [6, 6.07) is 23.4. The third-order valence-corrected chi connectivity index (χ3v) is 3.99. The molecule has 0 fully saturated rings. The first-order valence-electron chi connectivity index (χ1n) is 8.58. The number of benzene rings is 3. The van der Waals surface area contributed by atoms with Crippen LogP contribution in [0.25, 0.3) is 11.1 Å². The van der Waals surface area contributed by atoms with Crippen LogP contribution in [0.2, 0.25) is 0 Å². The summed E-state index contributed by atoms with van der Waals surface area (Å²) in [5, 5.41) is 11.9. The molecule has 0 spiro atoms. The van der Waals surface area contributed by atoms with E-state index in [2.05, 4.69) is 5.16 Å². The van der Waals surface area contributed by atoms with Gasteiger partial charge in [-0.25, -0.2) is 0 Å². The van der Waals surface area contributed by atoms with Crippen molar-refractivity contribution in [2.75, 3.05) is 20.3 Å². The molecule has 3 rings (SSSR count). The second-order valence-corrected chi connectivity index (χ2v) is 5.68. The summed E-state index contributed by atoms with van der Waals surface area (Å²) in [5.74, 6) is 1.87. The van der Waals surface area contributed by atoms with E-state index in [0.29, 0.717) is 30.3 Å². The first-order valence-corrected chi connectivity index (χ1v) is 8.58. The highest BCUT2D eigenvalue weighted by Gasteiger charge is 2.10. The van der Waals surface area contributed by atoms with E-state index in [1.807, 2.05) is 54.6 Å². The zero-order chi connectivity index (χ0) is 18.9. The van der Waals surface area contributed by atoms with Gasteiger partial charge in [-0.15, -0.1) is 0 Å². The number of oxime groups is 1. The molecule has 3 aromatic rings. The van der Waals surface area contributed by atoms with Gasteiger partial charge in [-0.05, 0) is 23.8 Å². The van der Waals surface area contributed by atoms with Gasteiger partial charge in [0.05, 0.1) is 13.3 Å². The molecule has 5 nitrogen and oxygen atoms in total. The molecule has 3 aromatic carbocycles. The highest BCUT2D eigenvalue weighted by molar-refractivity contribution is 5.84. The Kier molecular flexibility index (Phi) is 6.30. The topological polar surface area (TPSA) is 60.3 Å². The van der Waals surface area contributed by atoms with E-state index in [4.69, 9.17) is 19.4 Å². The molecule has 138 valence electrons. The Morgan fingerprint density at radius 2 is 1.52 bits per heavy atom. The van der Waals surface area contributed by atoms with Crippen LogP contribution in [0.1, 0.15) is 5.56 Å². The molecule has 0 bridgehead atoms. The van der Waals surface area contributed by atoms with Crippen LogP contribution >= 0.6 is 0 Å². The molecule has 0 aliphatic rings. The van der Waals surface area contributed by atoms with Gasteiger partial charge in [-0.1, -0.05) is 59.8 Å². The summed E-state index contributed by atoms with van der Waals surface area (Å²) in [7, 11) is 1.56. The molecule has 0 unspecified atom stereocenters. The van der Waals surface area contributed by atoms with Crippen LogP contribution in [0.5, 0.6) is 17.2 Å². The van der Waals surface area contributed by atoms with Crippen LogP contribution in [0.15, 0.2) is 78.0 Å². The Morgan fingerprint density at radius 1 is 0.815 bits per heavy atom. The van der Waals surface area contributed by atoms with E-state index in [-0.39, 0.29) is 0 Å². The van der Waals surface area contributed by atoms with Gasteiger partial charge in [-0.3, -0.25) is 0 Å². The highest BCUT2D eigenvalue weighted by atomic mass is 16.5. The third kappa shape index (κ3) is 4.58. The lowest BCUT2D eigenvalue weighted by molar-refractivity contribution is 0.211. The van der Waals surface area contributed by atoms with Crippen molar-refractivity contribution >= 4 is 6.21 Å². The molecule has 0 atom stereocenters. The maximum atomic E-state index is 8.82. The van der Waals surface area contributed by atoms with Crippen molar-refractivity contribution in [2.24, 2.45) is 5.16 Å². The highest BCUT2D eigenvalue weighted by Crippen LogP contribution is 2.31. The predicted octanol–water partition coefficient (Wildman–Crippen LogP) is 4.63. The van der Waals surface area contributed by atoms with Crippen LogP contribution in [-0.2, 0) is 0 Å². The fourth-order valence-electron chi connectivity index (χ4n) is 2.76. The van der Waals surface area contributed by atoms with Gasteiger partial charge >= 0.3 is 0 Å². The number of ether oxygens (including phenoxy) is 3. The first-order chi connectivity index (χ1) is 13.3. The second kappa shape index (κ2) is 9.29. The zero-order valence-corrected chi connectivity index (χ0v) is 15.0. The van der Waals surface area contributed by atoms with Crippen LogP contribution in [0, 0.1) is 0 Å². The lowest BCUT2D eigenvalue weighted by Gasteiger charge is -2.15. The van der Waals surface area contributed by atoms with Crippen molar-refractivity contribution in [3.63, 3.8) is 0 Å². The Hall–Kier alpha value is -3.47. The van der Waals surface area contributed by atoms with E-state index >= 15 is 0 Å². The van der Waals surface area contributed by atoms with Crippen LogP contribution in [-0.4, -0.2) is 31.7 Å². The summed E-state index contributed by atoms with van der Waals surface area (Å²) in [4.78, 5) is 0. The minimum atomic E-state index is 0.315. The Bertz CT molecular complexity index is 894. The largest absolute Gasteiger partial charge is 0.493 e. The van der Waals surface area contributed by atoms with E-state index in [1.54, 1.807) is 25.3 Å². The Balaban J connectivity index is 1.67. The van der Waals surface area contributed by atoms with Crippen LogP contribution in [0.3, 0.4) is 0 Å². The molecule has 0 aromatic heterocycles. The molecule has 0 aliphatic carbocycles. The summed E-state index contributed by atoms with van der Waals surface area (Å²) >= 11 is 0. The molecule has 5 heteroatoms. The fourth-order valence-corrected chi connectivity index (χ4v) is 2.76. The summed E-state index contributed by atoms with van der Waals surface area (Å²) in [6.45, 7) is 0.674. The Labute approximate surface area is 158 Å². The molecular weight excluding hydrogens is 342 g/mol. The molecule has 27 heavy (non-hydrogen) atoms. The number of hydrogen-bond donors (Lipinski definition) is 1. The van der Waals surface area contributed by atoms with E-state index in [1.165, 1.54) is 6.21 Å². The lowest BCUT2D eigenvalue weighted by Crippen LogP contribution is -2.11. The number of nitrogens with zero attached hydrogens (tertiary/aromatic N) is 1. The summed E-state index contributed by atoms with van der Waals surface area (Å²) < 4.78 is 17.1. The van der Waals surface area contributed by atoms with Gasteiger partial charge in [-0.2, -0.15) is 0 Å². The molecule has 0 radical (unpaired) electrons. The number of rotatable bonds is 8. The molecular formula is C22H21NO4. The van der Waals surface area contributed by atoms with Crippen molar-refractivity contribution in [1.82, 2.24) is 0 Å². The predicted molar refractivity (Wildman–Crippen MR) is 105 cm³/mol. The molecule has 0 heterocycles. The molecule has 0 saturated carbocycles. The van der Waals surface area contributed by atoms with Crippen molar-refractivity contribution in [2.45, 2.75) is 0 Å². The van der Waals surface area contributed by atoms with Crippen molar-refractivity contribution in [3.8, 4) is 28.4 Å². The van der Waals surface area contributed by atoms with E-state index < -0.39 is 0 Å². The standard InChI is InChI=1S/C22H21NO4/c1-25-21-13-7-10-18(16-23-24)22(21)27-15-14-26-20-12-6-5-11-19(20)17-8-3-2-4-9-17/h2-13,16,24H,14-15H2,1H3. The number of para-hydroxylation sites is 2.